The molecule has 81 heavy (non-hydrogen) atoms. The van der Waals surface area contributed by atoms with Gasteiger partial charge in [-0.3, -0.25) is 4.79 Å². The summed E-state index contributed by atoms with van der Waals surface area (Å²) in [5.41, 5.74) is 5.69. The lowest BCUT2D eigenvalue weighted by molar-refractivity contribution is -0.132. The number of allylic oxidation sites excluding steroid dienone is 16. The molecule has 0 saturated carbocycles. The molecule has 0 bridgehead atoms. The molecule has 0 unspecified atom stereocenters. The number of nitrogens with two attached hydrogens (primary N) is 1. The Morgan fingerprint density at radius 2 is 0.901 bits per heavy atom. The predicted molar refractivity (Wildman–Crippen MR) is 320 cm³/mol. The maximum atomic E-state index is 12.8. The van der Waals surface area contributed by atoms with Crippen LogP contribution in [0, 0.1) is 17.8 Å². The van der Waals surface area contributed by atoms with E-state index in [0.717, 1.165) is 12.8 Å². The van der Waals surface area contributed by atoms with Gasteiger partial charge in [0.25, 0.3) is 0 Å². The minimum absolute atomic E-state index is 0.0527. The number of aliphatic hydroxyl groups is 13. The number of ketones is 1. The summed E-state index contributed by atoms with van der Waals surface area (Å²) in [7, 11) is 0. The molecule has 458 valence electrons. The average Bonchev–Trinajstić information content (AvgIpc) is 3.40. The SMILES string of the molecule is C\C(=C/C=C/C=C/C=C/CC/C=C/[C@H](C)[C@H](O)[C@@H](C)[C@H](O)/C=C/C=C/C=C/C=C/C=C/C[C@H](O)[C@H](C)C(=O)C[C@H](O)C[C@H](O)C[C@H](O)/C=C/C[C@@H](O)C[C@H](O)C[C@@H](O)C[C@H](O)/C=C/C[C@H](O)/C=C/C[C@H](O)C[C@H](O)CCCN)C(=O)O. The second kappa shape index (κ2) is 47.7. The fourth-order valence-electron chi connectivity index (χ4n) is 8.05. The van der Waals surface area contributed by atoms with E-state index in [1.807, 2.05) is 43.4 Å². The molecule has 0 aliphatic heterocycles. The molecule has 0 fully saturated rings. The monoisotopic (exact) mass is 1140 g/mol. The number of carboxylic acids is 1. The highest BCUT2D eigenvalue weighted by Gasteiger charge is 2.26. The molecular weight excluding hydrogens is 1040 g/mol. The van der Waals surface area contributed by atoms with Crippen molar-refractivity contribution in [2.24, 2.45) is 23.5 Å². The van der Waals surface area contributed by atoms with E-state index in [9.17, 15) is 76.0 Å². The molecule has 0 spiro atoms. The Bertz CT molecular complexity index is 2070. The molecule has 0 radical (unpaired) electrons. The van der Waals surface area contributed by atoms with Gasteiger partial charge in [-0.05, 0) is 90.5 Å². The quantitative estimate of drug-likeness (QED) is 0.0151. The maximum Gasteiger partial charge on any atom is 0.331 e. The molecule has 0 aromatic carbocycles. The molecule has 16 N–H and O–H groups in total. The van der Waals surface area contributed by atoms with Crippen molar-refractivity contribution in [1.82, 2.24) is 0 Å². The van der Waals surface area contributed by atoms with Crippen molar-refractivity contribution in [3.63, 3.8) is 0 Å². The van der Waals surface area contributed by atoms with Crippen molar-refractivity contribution >= 4 is 11.8 Å². The first-order valence-corrected chi connectivity index (χ1v) is 28.4. The third-order valence-corrected chi connectivity index (χ3v) is 13.2. The van der Waals surface area contributed by atoms with Crippen molar-refractivity contribution in [3.05, 3.63) is 157 Å². The molecule has 17 heteroatoms. The van der Waals surface area contributed by atoms with Crippen molar-refractivity contribution in [3.8, 4) is 0 Å². The summed E-state index contributed by atoms with van der Waals surface area (Å²) in [4.78, 5) is 23.6. The van der Waals surface area contributed by atoms with Gasteiger partial charge in [-0.2, -0.15) is 0 Å². The van der Waals surface area contributed by atoms with Crippen LogP contribution < -0.4 is 5.73 Å². The zero-order valence-electron chi connectivity index (χ0n) is 48.1. The van der Waals surface area contributed by atoms with E-state index in [-0.39, 0.29) is 87.9 Å². The minimum atomic E-state index is -1.21. The van der Waals surface area contributed by atoms with E-state index in [1.165, 1.54) is 37.3 Å². The van der Waals surface area contributed by atoms with Gasteiger partial charge in [0.2, 0.25) is 0 Å². The molecule has 0 rings (SSSR count). The fraction of sp³-hybridized carbons (Fsp3) is 0.562. The van der Waals surface area contributed by atoms with Gasteiger partial charge in [-0.25, -0.2) is 4.79 Å². The van der Waals surface area contributed by atoms with Crippen LogP contribution in [0.25, 0.3) is 0 Å². The summed E-state index contributed by atoms with van der Waals surface area (Å²) in [6.45, 7) is 7.25. The van der Waals surface area contributed by atoms with E-state index in [1.54, 1.807) is 98.9 Å². The number of carbonyl (C=O) groups excluding carboxylic acids is 1. The Kier molecular flexibility index (Phi) is 44.8. The Labute approximate surface area is 482 Å². The second-order valence-corrected chi connectivity index (χ2v) is 20.9. The fourth-order valence-corrected chi connectivity index (χ4v) is 8.05. The molecule has 16 atom stereocenters. The van der Waals surface area contributed by atoms with Crippen molar-refractivity contribution in [2.45, 2.75) is 203 Å². The second-order valence-electron chi connectivity index (χ2n) is 20.9. The van der Waals surface area contributed by atoms with Crippen LogP contribution in [0.2, 0.25) is 0 Å². The summed E-state index contributed by atoms with van der Waals surface area (Å²) in [5, 5.41) is 144. The van der Waals surface area contributed by atoms with Crippen molar-refractivity contribution in [1.29, 1.82) is 0 Å². The number of carboxylic acid groups (broad SMARTS) is 1. The van der Waals surface area contributed by atoms with Gasteiger partial charge in [0.1, 0.15) is 5.78 Å². The molecule has 0 heterocycles. The topological polar surface area (TPSA) is 343 Å². The van der Waals surface area contributed by atoms with Gasteiger partial charge in [-0.1, -0.05) is 173 Å². The highest BCUT2D eigenvalue weighted by Crippen LogP contribution is 2.20. The van der Waals surface area contributed by atoms with Crippen LogP contribution in [0.15, 0.2) is 157 Å². The Morgan fingerprint density at radius 1 is 0.444 bits per heavy atom. The molecule has 0 aliphatic rings. The van der Waals surface area contributed by atoms with Crippen LogP contribution in [0.1, 0.15) is 124 Å². The number of unbranched alkanes of at least 4 members (excludes halogenated alkanes) is 1. The van der Waals surface area contributed by atoms with Gasteiger partial charge in [-0.15, -0.1) is 0 Å². The zero-order valence-corrected chi connectivity index (χ0v) is 48.1. The van der Waals surface area contributed by atoms with Crippen LogP contribution >= 0.6 is 0 Å². The Morgan fingerprint density at radius 3 is 1.47 bits per heavy atom. The predicted octanol–water partition coefficient (Wildman–Crippen LogP) is 5.67. The van der Waals surface area contributed by atoms with Crippen LogP contribution in [0.4, 0.5) is 0 Å². The number of Topliss-reactive ketones (excluding diaryl/α,β-unsaturated/α-hetero) is 1. The lowest BCUT2D eigenvalue weighted by atomic mass is 9.88. The van der Waals surface area contributed by atoms with Crippen LogP contribution in [-0.4, -0.2) is 169 Å². The largest absolute Gasteiger partial charge is 0.478 e. The van der Waals surface area contributed by atoms with Crippen LogP contribution in [0.3, 0.4) is 0 Å². The lowest BCUT2D eigenvalue weighted by Gasteiger charge is -2.25. The third kappa shape index (κ3) is 42.6. The number of aliphatic carboxylic acids is 1. The van der Waals surface area contributed by atoms with Crippen molar-refractivity contribution in [2.75, 3.05) is 6.54 Å². The molecular formula is C64H101NO16. The van der Waals surface area contributed by atoms with Gasteiger partial charge in [0.05, 0.1) is 79.4 Å². The summed E-state index contributed by atoms with van der Waals surface area (Å²) < 4.78 is 0. The van der Waals surface area contributed by atoms with E-state index in [0.29, 0.717) is 19.4 Å². The average molecular weight is 1140 g/mol. The van der Waals surface area contributed by atoms with E-state index in [2.05, 4.69) is 0 Å². The molecule has 0 aromatic rings. The van der Waals surface area contributed by atoms with Gasteiger partial charge in [0.15, 0.2) is 0 Å². The number of aliphatic hydroxyl groups excluding tert-OH is 13. The van der Waals surface area contributed by atoms with Gasteiger partial charge >= 0.3 is 5.97 Å². The van der Waals surface area contributed by atoms with E-state index < -0.39 is 97.2 Å². The molecule has 0 aliphatic carbocycles. The number of rotatable bonds is 46. The van der Waals surface area contributed by atoms with E-state index >= 15 is 0 Å². The molecule has 0 amide bonds. The smallest absolute Gasteiger partial charge is 0.331 e. The Balaban J connectivity index is 4.51. The normalized spacial score (nSPS) is 19.6. The third-order valence-electron chi connectivity index (χ3n) is 13.2. The summed E-state index contributed by atoms with van der Waals surface area (Å²) in [6.07, 6.45) is 33.0. The number of hydrogen-bond acceptors (Lipinski definition) is 16. The minimum Gasteiger partial charge on any atom is -0.478 e. The molecule has 17 nitrogen and oxygen atoms in total. The Hall–Kier alpha value is -4.80. The van der Waals surface area contributed by atoms with E-state index in [4.69, 9.17) is 10.8 Å². The summed E-state index contributed by atoms with van der Waals surface area (Å²) >= 11 is 0. The standard InChI is InChI=1S/C64H101NO16/c1-46(27-19-15-11-7-5-8-12-16-20-28-47(2)64(80)81)63(79)49(4)61(77)37-22-18-14-10-6-9-13-17-21-36-60(76)48(3)62(78)45-59(75)44-58(74)42-54(70)34-25-33-53(69)41-57(73)43-56(72)40-52(68)32-24-30-50(66)29-23-31-51(67)39-55(71)35-26-38-65/h5-10,12-14,16-25,27-29,32,34,37,46,48-61,63,66-77,79H,11,15,26,30-31,33,35-36,38-45,65H2,1-4H3,(H,80,81)/b7-5+,10-6+,12-8+,13-9+,18-14+,20-16+,21-17+,27-19+,29-23+,32-24+,34-25+,37-22+,47-28+/t46-,48-,49-,50+,51-,52+,53+,54+,55+,56-,57-,58+,59+,60-,61+,63-/m0/s1. The highest BCUT2D eigenvalue weighted by molar-refractivity contribution is 5.86. The first kappa shape index (κ1) is 76.2. The first-order valence-electron chi connectivity index (χ1n) is 28.4. The lowest BCUT2D eigenvalue weighted by Crippen LogP contribution is -2.32. The zero-order chi connectivity index (χ0) is 61.0. The van der Waals surface area contributed by atoms with Crippen LogP contribution in [-0.2, 0) is 9.59 Å². The first-order chi connectivity index (χ1) is 38.5. The molecule has 0 saturated heterocycles. The van der Waals surface area contributed by atoms with Gasteiger partial charge in [0, 0.05) is 42.6 Å². The van der Waals surface area contributed by atoms with Gasteiger partial charge < -0.3 is 77.2 Å². The summed E-state index contributed by atoms with van der Waals surface area (Å²) in [6, 6.07) is 0. The number of carbonyl (C=O) groups is 2. The van der Waals surface area contributed by atoms with Crippen LogP contribution in [0.5, 0.6) is 0 Å². The van der Waals surface area contributed by atoms with Crippen molar-refractivity contribution < 1.29 is 81.1 Å². The summed E-state index contributed by atoms with van der Waals surface area (Å²) in [5.74, 6) is -2.67. The molecule has 0 aromatic heterocycles. The number of hydrogen-bond donors (Lipinski definition) is 15. The highest BCUT2D eigenvalue weighted by atomic mass is 16.4. The maximum absolute atomic E-state index is 12.8.